The number of carbonyl (C=O) groups is 2. The Kier molecular flexibility index (Phi) is 5.91. The van der Waals surface area contributed by atoms with Crippen LogP contribution in [-0.4, -0.2) is 18.0 Å². The molecule has 0 saturated carbocycles. The van der Waals surface area contributed by atoms with Crippen LogP contribution in [0, 0.1) is 0 Å². The van der Waals surface area contributed by atoms with E-state index in [0.29, 0.717) is 6.42 Å². The molecule has 0 aliphatic carbocycles. The number of anilines is 2. The van der Waals surface area contributed by atoms with Gasteiger partial charge in [-0.2, -0.15) is 13.2 Å². The molecule has 1 aromatic heterocycles. The van der Waals surface area contributed by atoms with Crippen LogP contribution in [-0.2, 0) is 6.18 Å². The normalized spacial score (nSPS) is 12.3. The van der Waals surface area contributed by atoms with Crippen LogP contribution in [0.4, 0.5) is 29.3 Å². The zero-order valence-electron chi connectivity index (χ0n) is 14.1. The summed E-state index contributed by atoms with van der Waals surface area (Å²) in [6.45, 7) is 3.57. The van der Waals surface area contributed by atoms with E-state index in [-0.39, 0.29) is 17.3 Å². The first-order chi connectivity index (χ1) is 12.2. The maximum Gasteiger partial charge on any atom is 0.418 e. The van der Waals surface area contributed by atoms with Gasteiger partial charge in [-0.15, -0.1) is 0 Å². The molecule has 0 radical (unpaired) electrons. The van der Waals surface area contributed by atoms with E-state index in [1.165, 1.54) is 24.7 Å². The number of amides is 3. The van der Waals surface area contributed by atoms with E-state index in [4.69, 9.17) is 4.42 Å². The molecular formula is C17H18F3N3O3. The third kappa shape index (κ3) is 5.01. The average molecular weight is 369 g/mol. The van der Waals surface area contributed by atoms with E-state index in [1.807, 2.05) is 6.92 Å². The fraction of sp³-hybridized carbons (Fsp3) is 0.294. The highest BCUT2D eigenvalue weighted by Gasteiger charge is 2.34. The number of halogens is 3. The van der Waals surface area contributed by atoms with Gasteiger partial charge in [0.1, 0.15) is 6.26 Å². The van der Waals surface area contributed by atoms with Crippen molar-refractivity contribution < 1.29 is 27.2 Å². The molecule has 26 heavy (non-hydrogen) atoms. The first kappa shape index (κ1) is 19.4. The van der Waals surface area contributed by atoms with Gasteiger partial charge in [-0.1, -0.05) is 6.92 Å². The predicted octanol–water partition coefficient (Wildman–Crippen LogP) is 4.47. The molecule has 1 aromatic carbocycles. The largest absolute Gasteiger partial charge is 0.472 e. The minimum Gasteiger partial charge on any atom is -0.472 e. The Bertz CT molecular complexity index is 773. The van der Waals surface area contributed by atoms with Crippen LogP contribution in [0.2, 0.25) is 0 Å². The smallest absolute Gasteiger partial charge is 0.418 e. The van der Waals surface area contributed by atoms with Crippen LogP contribution in [0.25, 0.3) is 0 Å². The van der Waals surface area contributed by atoms with Gasteiger partial charge < -0.3 is 20.4 Å². The van der Waals surface area contributed by atoms with Crippen molar-refractivity contribution in [3.05, 3.63) is 47.9 Å². The molecular weight excluding hydrogens is 351 g/mol. The highest BCUT2D eigenvalue weighted by molar-refractivity contribution is 6.04. The number of hydrogen-bond acceptors (Lipinski definition) is 3. The molecule has 6 nitrogen and oxygen atoms in total. The lowest BCUT2D eigenvalue weighted by molar-refractivity contribution is -0.136. The van der Waals surface area contributed by atoms with Crippen molar-refractivity contribution >= 4 is 23.3 Å². The quantitative estimate of drug-likeness (QED) is 0.727. The topological polar surface area (TPSA) is 83.4 Å². The summed E-state index contributed by atoms with van der Waals surface area (Å²) >= 11 is 0. The van der Waals surface area contributed by atoms with Crippen LogP contribution in [0.5, 0.6) is 0 Å². The number of hydrogen-bond donors (Lipinski definition) is 3. The van der Waals surface area contributed by atoms with Gasteiger partial charge in [0.2, 0.25) is 0 Å². The number of nitrogens with one attached hydrogen (secondary N) is 3. The molecule has 0 fully saturated rings. The Balaban J connectivity index is 2.22. The molecule has 1 heterocycles. The summed E-state index contributed by atoms with van der Waals surface area (Å²) in [6, 6.07) is 3.58. The molecule has 0 unspecified atom stereocenters. The summed E-state index contributed by atoms with van der Waals surface area (Å²) in [5.41, 5.74) is -1.36. The number of urea groups is 1. The Hall–Kier alpha value is -2.97. The first-order valence-electron chi connectivity index (χ1n) is 7.83. The van der Waals surface area contributed by atoms with Crippen LogP contribution in [0.15, 0.2) is 41.2 Å². The minimum absolute atomic E-state index is 0.0589. The SMILES string of the molecule is CC[C@@H](C)NC(=O)Nc1ccc(NC(=O)c2ccoc2)cc1C(F)(F)F. The van der Waals surface area contributed by atoms with E-state index in [9.17, 15) is 22.8 Å². The lowest BCUT2D eigenvalue weighted by Gasteiger charge is -2.17. The van der Waals surface area contributed by atoms with Gasteiger partial charge in [-0.25, -0.2) is 4.79 Å². The Morgan fingerprint density at radius 3 is 2.50 bits per heavy atom. The summed E-state index contributed by atoms with van der Waals surface area (Å²) in [6.07, 6.45) is -1.62. The van der Waals surface area contributed by atoms with Gasteiger partial charge in [0.05, 0.1) is 23.1 Å². The molecule has 0 spiro atoms. The van der Waals surface area contributed by atoms with Crippen molar-refractivity contribution in [2.24, 2.45) is 0 Å². The Morgan fingerprint density at radius 1 is 1.19 bits per heavy atom. The molecule has 0 aliphatic heterocycles. The lowest BCUT2D eigenvalue weighted by atomic mass is 10.1. The van der Waals surface area contributed by atoms with Crippen LogP contribution in [0.1, 0.15) is 36.2 Å². The second-order valence-electron chi connectivity index (χ2n) is 5.63. The van der Waals surface area contributed by atoms with Crippen molar-refractivity contribution in [2.75, 3.05) is 10.6 Å². The Labute approximate surface area is 147 Å². The zero-order chi connectivity index (χ0) is 19.3. The second kappa shape index (κ2) is 7.94. The highest BCUT2D eigenvalue weighted by Crippen LogP contribution is 2.36. The van der Waals surface area contributed by atoms with Gasteiger partial charge >= 0.3 is 12.2 Å². The van der Waals surface area contributed by atoms with E-state index >= 15 is 0 Å². The highest BCUT2D eigenvalue weighted by atomic mass is 19.4. The van der Waals surface area contributed by atoms with Gasteiger partial charge in [0.25, 0.3) is 5.91 Å². The van der Waals surface area contributed by atoms with Crippen molar-refractivity contribution in [3.8, 4) is 0 Å². The van der Waals surface area contributed by atoms with Gasteiger partial charge in [-0.05, 0) is 37.6 Å². The van der Waals surface area contributed by atoms with E-state index < -0.39 is 29.4 Å². The fourth-order valence-corrected chi connectivity index (χ4v) is 2.05. The summed E-state index contributed by atoms with van der Waals surface area (Å²) in [5, 5.41) is 7.07. The van der Waals surface area contributed by atoms with Crippen LogP contribution >= 0.6 is 0 Å². The summed E-state index contributed by atoms with van der Waals surface area (Å²) < 4.78 is 44.7. The molecule has 140 valence electrons. The van der Waals surface area contributed by atoms with Gasteiger partial charge in [0, 0.05) is 11.7 Å². The van der Waals surface area contributed by atoms with E-state index in [0.717, 1.165) is 12.1 Å². The molecule has 1 atom stereocenters. The number of rotatable bonds is 5. The molecule has 0 aliphatic rings. The number of carbonyl (C=O) groups excluding carboxylic acids is 2. The van der Waals surface area contributed by atoms with E-state index in [2.05, 4.69) is 16.0 Å². The maximum absolute atomic E-state index is 13.3. The van der Waals surface area contributed by atoms with Crippen molar-refractivity contribution in [3.63, 3.8) is 0 Å². The third-order valence-electron chi connectivity index (χ3n) is 3.60. The third-order valence-corrected chi connectivity index (χ3v) is 3.60. The molecule has 9 heteroatoms. The van der Waals surface area contributed by atoms with Crippen LogP contribution < -0.4 is 16.0 Å². The standard InChI is InChI=1S/C17H18F3N3O3/c1-3-10(2)21-16(25)23-14-5-4-12(8-13(14)17(18,19)20)22-15(24)11-6-7-26-9-11/h4-10H,3H2,1-2H3,(H,22,24)(H2,21,23,25)/t10-/m1/s1. The second-order valence-corrected chi connectivity index (χ2v) is 5.63. The number of alkyl halides is 3. The lowest BCUT2D eigenvalue weighted by Crippen LogP contribution is -2.36. The monoisotopic (exact) mass is 369 g/mol. The molecule has 3 N–H and O–H groups in total. The zero-order valence-corrected chi connectivity index (χ0v) is 14.1. The average Bonchev–Trinajstić information content (AvgIpc) is 3.09. The van der Waals surface area contributed by atoms with Crippen molar-refractivity contribution in [2.45, 2.75) is 32.5 Å². The molecule has 0 saturated heterocycles. The summed E-state index contributed by atoms with van der Waals surface area (Å²) in [7, 11) is 0. The molecule has 0 bridgehead atoms. The minimum atomic E-state index is -4.71. The summed E-state index contributed by atoms with van der Waals surface area (Å²) in [5.74, 6) is -0.609. The Morgan fingerprint density at radius 2 is 1.92 bits per heavy atom. The number of furan rings is 1. The fourth-order valence-electron chi connectivity index (χ4n) is 2.05. The molecule has 3 amide bonds. The molecule has 2 aromatic rings. The molecule has 2 rings (SSSR count). The van der Waals surface area contributed by atoms with E-state index in [1.54, 1.807) is 6.92 Å². The van der Waals surface area contributed by atoms with Gasteiger partial charge in [-0.3, -0.25) is 4.79 Å². The van der Waals surface area contributed by atoms with Gasteiger partial charge in [0.15, 0.2) is 0 Å². The maximum atomic E-state index is 13.3. The first-order valence-corrected chi connectivity index (χ1v) is 7.83. The summed E-state index contributed by atoms with van der Waals surface area (Å²) in [4.78, 5) is 23.7. The van der Waals surface area contributed by atoms with Crippen molar-refractivity contribution in [1.82, 2.24) is 5.32 Å². The van der Waals surface area contributed by atoms with Crippen LogP contribution in [0.3, 0.4) is 0 Å². The number of benzene rings is 1. The van der Waals surface area contributed by atoms with Crippen molar-refractivity contribution in [1.29, 1.82) is 0 Å². The predicted molar refractivity (Wildman–Crippen MR) is 90.0 cm³/mol.